The number of anilines is 1. The molecule has 3 rings (SSSR count). The van der Waals surface area contributed by atoms with Crippen LogP contribution in [0.15, 0.2) is 30.5 Å². The van der Waals surface area contributed by atoms with Crippen molar-refractivity contribution in [1.29, 1.82) is 0 Å². The standard InChI is InChI=1S/C23H33N3O2/c1-3-4-5-6-7-15-26-16-12-18(13-17-26)23(27)25-20-11-14-24-22-19(20)9-8-10-21(22)28-2/h8-11,14,18H,3-7,12-13,15-17H2,1-2H3,(H,24,25,27). The van der Waals surface area contributed by atoms with Gasteiger partial charge in [0.2, 0.25) is 5.91 Å². The Labute approximate surface area is 168 Å². The Morgan fingerprint density at radius 2 is 1.96 bits per heavy atom. The van der Waals surface area contributed by atoms with Crippen LogP contribution in [0, 0.1) is 5.92 Å². The van der Waals surface area contributed by atoms with Gasteiger partial charge in [-0.15, -0.1) is 0 Å². The summed E-state index contributed by atoms with van der Waals surface area (Å²) in [6, 6.07) is 7.66. The number of amides is 1. The van der Waals surface area contributed by atoms with Gasteiger partial charge in [0.1, 0.15) is 11.3 Å². The van der Waals surface area contributed by atoms with Crippen molar-refractivity contribution in [3.63, 3.8) is 0 Å². The third-order valence-corrected chi connectivity index (χ3v) is 5.75. The van der Waals surface area contributed by atoms with Gasteiger partial charge in [0, 0.05) is 17.5 Å². The molecule has 1 aromatic heterocycles. The molecule has 0 unspecified atom stereocenters. The van der Waals surface area contributed by atoms with Crippen molar-refractivity contribution in [1.82, 2.24) is 9.88 Å². The van der Waals surface area contributed by atoms with Crippen molar-refractivity contribution in [3.05, 3.63) is 30.5 Å². The number of nitrogens with zero attached hydrogens (tertiary/aromatic N) is 2. The molecule has 0 spiro atoms. The normalized spacial score (nSPS) is 15.6. The van der Waals surface area contributed by atoms with Crippen LogP contribution >= 0.6 is 0 Å². The fourth-order valence-corrected chi connectivity index (χ4v) is 4.02. The maximum Gasteiger partial charge on any atom is 0.227 e. The molecule has 0 bridgehead atoms. The highest BCUT2D eigenvalue weighted by atomic mass is 16.5. The molecule has 1 saturated heterocycles. The number of para-hydroxylation sites is 1. The second-order valence-electron chi connectivity index (χ2n) is 7.73. The van der Waals surface area contributed by atoms with Gasteiger partial charge in [0.25, 0.3) is 0 Å². The van der Waals surface area contributed by atoms with Crippen LogP contribution in [0.4, 0.5) is 5.69 Å². The number of likely N-dealkylation sites (tertiary alicyclic amines) is 1. The van der Waals surface area contributed by atoms with E-state index in [4.69, 9.17) is 4.74 Å². The van der Waals surface area contributed by atoms with E-state index in [9.17, 15) is 4.79 Å². The summed E-state index contributed by atoms with van der Waals surface area (Å²) in [6.45, 7) is 5.47. The van der Waals surface area contributed by atoms with E-state index in [1.807, 2.05) is 24.3 Å². The van der Waals surface area contributed by atoms with Crippen molar-refractivity contribution in [3.8, 4) is 5.75 Å². The average molecular weight is 384 g/mol. The number of pyridine rings is 1. The molecule has 5 nitrogen and oxygen atoms in total. The molecule has 2 aromatic rings. The number of unbranched alkanes of at least 4 members (excludes halogenated alkanes) is 4. The number of ether oxygens (including phenoxy) is 1. The molecular formula is C23H33N3O2. The topological polar surface area (TPSA) is 54.5 Å². The van der Waals surface area contributed by atoms with Crippen molar-refractivity contribution >= 4 is 22.5 Å². The van der Waals surface area contributed by atoms with E-state index in [-0.39, 0.29) is 11.8 Å². The van der Waals surface area contributed by atoms with Gasteiger partial charge in [0.05, 0.1) is 12.8 Å². The Hall–Kier alpha value is -2.14. The highest BCUT2D eigenvalue weighted by Crippen LogP contribution is 2.29. The number of rotatable bonds is 9. The zero-order valence-electron chi connectivity index (χ0n) is 17.2. The minimum atomic E-state index is 0.0881. The lowest BCUT2D eigenvalue weighted by atomic mass is 9.95. The minimum Gasteiger partial charge on any atom is -0.494 e. The Morgan fingerprint density at radius 3 is 2.71 bits per heavy atom. The maximum atomic E-state index is 12.8. The summed E-state index contributed by atoms with van der Waals surface area (Å²) >= 11 is 0. The number of piperidine rings is 1. The minimum absolute atomic E-state index is 0.0881. The predicted molar refractivity (Wildman–Crippen MR) is 115 cm³/mol. The summed E-state index contributed by atoms with van der Waals surface area (Å²) in [5, 5.41) is 4.05. The van der Waals surface area contributed by atoms with Crippen LogP contribution in [0.1, 0.15) is 51.9 Å². The third kappa shape index (κ3) is 5.22. The number of hydrogen-bond donors (Lipinski definition) is 1. The lowest BCUT2D eigenvalue weighted by Gasteiger charge is -2.31. The molecule has 1 aliphatic heterocycles. The number of carbonyl (C=O) groups is 1. The van der Waals surface area contributed by atoms with Gasteiger partial charge in [-0.3, -0.25) is 9.78 Å². The number of carbonyl (C=O) groups excluding carboxylic acids is 1. The Kier molecular flexibility index (Phi) is 7.66. The van der Waals surface area contributed by atoms with E-state index in [0.29, 0.717) is 0 Å². The van der Waals surface area contributed by atoms with Crippen LogP contribution < -0.4 is 10.1 Å². The second kappa shape index (κ2) is 10.4. The molecule has 152 valence electrons. The number of benzene rings is 1. The lowest BCUT2D eigenvalue weighted by molar-refractivity contribution is -0.121. The molecule has 0 radical (unpaired) electrons. The van der Waals surface area contributed by atoms with Gasteiger partial charge < -0.3 is 15.0 Å². The van der Waals surface area contributed by atoms with E-state index in [1.54, 1.807) is 13.3 Å². The molecule has 2 heterocycles. The molecule has 1 amide bonds. The first-order chi connectivity index (χ1) is 13.7. The first-order valence-corrected chi connectivity index (χ1v) is 10.7. The molecule has 1 fully saturated rings. The predicted octanol–water partition coefficient (Wildman–Crippen LogP) is 4.86. The molecular weight excluding hydrogens is 350 g/mol. The number of nitrogens with one attached hydrogen (secondary N) is 1. The van der Waals surface area contributed by atoms with Gasteiger partial charge in [0.15, 0.2) is 0 Å². The Bertz CT molecular complexity index is 770. The number of aromatic nitrogens is 1. The zero-order valence-corrected chi connectivity index (χ0v) is 17.2. The summed E-state index contributed by atoms with van der Waals surface area (Å²) in [5.41, 5.74) is 1.59. The number of fused-ring (bicyclic) bond motifs is 1. The summed E-state index contributed by atoms with van der Waals surface area (Å²) in [5.74, 6) is 0.934. The van der Waals surface area contributed by atoms with Gasteiger partial charge in [-0.05, 0) is 51.0 Å². The van der Waals surface area contributed by atoms with Crippen molar-refractivity contribution in [2.24, 2.45) is 5.92 Å². The summed E-state index contributed by atoms with van der Waals surface area (Å²) in [6.07, 6.45) is 10.2. The van der Waals surface area contributed by atoms with Crippen LogP contribution in [0.3, 0.4) is 0 Å². The number of hydrogen-bond acceptors (Lipinski definition) is 4. The third-order valence-electron chi connectivity index (χ3n) is 5.75. The largest absolute Gasteiger partial charge is 0.494 e. The first kappa shape index (κ1) is 20.6. The smallest absolute Gasteiger partial charge is 0.227 e. The van der Waals surface area contributed by atoms with Crippen LogP contribution in [0.2, 0.25) is 0 Å². The van der Waals surface area contributed by atoms with Crippen LogP contribution in [0.25, 0.3) is 10.9 Å². The maximum absolute atomic E-state index is 12.8. The van der Waals surface area contributed by atoms with Gasteiger partial charge >= 0.3 is 0 Å². The Morgan fingerprint density at radius 1 is 1.18 bits per heavy atom. The quantitative estimate of drug-likeness (QED) is 0.628. The summed E-state index contributed by atoms with van der Waals surface area (Å²) in [4.78, 5) is 19.7. The summed E-state index contributed by atoms with van der Waals surface area (Å²) < 4.78 is 5.39. The van der Waals surface area contributed by atoms with E-state index >= 15 is 0 Å². The average Bonchev–Trinajstić information content (AvgIpc) is 2.74. The number of methoxy groups -OCH3 is 1. The van der Waals surface area contributed by atoms with Crippen molar-refractivity contribution < 1.29 is 9.53 Å². The van der Waals surface area contributed by atoms with Crippen molar-refractivity contribution in [2.75, 3.05) is 32.1 Å². The van der Waals surface area contributed by atoms with Crippen molar-refractivity contribution in [2.45, 2.75) is 51.9 Å². The SMILES string of the molecule is CCCCCCCN1CCC(C(=O)Nc2ccnc3c(OC)cccc23)CC1. The molecule has 0 atom stereocenters. The second-order valence-corrected chi connectivity index (χ2v) is 7.73. The fourth-order valence-electron chi connectivity index (χ4n) is 4.02. The Balaban J connectivity index is 1.52. The van der Waals surface area contributed by atoms with E-state index in [1.165, 1.54) is 38.6 Å². The molecule has 0 saturated carbocycles. The van der Waals surface area contributed by atoms with E-state index in [0.717, 1.165) is 48.3 Å². The lowest BCUT2D eigenvalue weighted by Crippen LogP contribution is -2.38. The van der Waals surface area contributed by atoms with E-state index in [2.05, 4.69) is 22.1 Å². The first-order valence-electron chi connectivity index (χ1n) is 10.7. The van der Waals surface area contributed by atoms with E-state index < -0.39 is 0 Å². The van der Waals surface area contributed by atoms with Crippen LogP contribution in [0.5, 0.6) is 5.75 Å². The van der Waals surface area contributed by atoms with Gasteiger partial charge in [-0.1, -0.05) is 44.7 Å². The molecule has 1 N–H and O–H groups in total. The molecule has 5 heteroatoms. The molecule has 0 aliphatic carbocycles. The van der Waals surface area contributed by atoms with Gasteiger partial charge in [-0.25, -0.2) is 0 Å². The van der Waals surface area contributed by atoms with Crippen LogP contribution in [-0.2, 0) is 4.79 Å². The molecule has 1 aliphatic rings. The molecule has 1 aromatic carbocycles. The highest BCUT2D eigenvalue weighted by molar-refractivity contribution is 6.03. The summed E-state index contributed by atoms with van der Waals surface area (Å²) in [7, 11) is 1.64. The molecule has 28 heavy (non-hydrogen) atoms. The fraction of sp³-hybridized carbons (Fsp3) is 0.565. The monoisotopic (exact) mass is 383 g/mol. The van der Waals surface area contributed by atoms with Crippen LogP contribution in [-0.4, -0.2) is 42.5 Å². The zero-order chi connectivity index (χ0) is 19.8. The van der Waals surface area contributed by atoms with Gasteiger partial charge in [-0.2, -0.15) is 0 Å². The highest BCUT2D eigenvalue weighted by Gasteiger charge is 2.25.